The van der Waals surface area contributed by atoms with Crippen LogP contribution < -0.4 is 9.62 Å². The van der Waals surface area contributed by atoms with Crippen LogP contribution >= 0.6 is 11.6 Å². The van der Waals surface area contributed by atoms with Crippen molar-refractivity contribution in [3.63, 3.8) is 0 Å². The van der Waals surface area contributed by atoms with Crippen molar-refractivity contribution in [2.75, 3.05) is 17.4 Å². The molecule has 4 aromatic carbocycles. The molecule has 0 spiro atoms. The second-order valence-electron chi connectivity index (χ2n) is 11.1. The molecule has 0 bridgehead atoms. The Hall–Kier alpha value is -4.42. The number of halogens is 5. The topological polar surface area (TPSA) is 86.8 Å². The second kappa shape index (κ2) is 15.7. The van der Waals surface area contributed by atoms with Crippen LogP contribution in [0.4, 0.5) is 23.2 Å². The summed E-state index contributed by atoms with van der Waals surface area (Å²) in [4.78, 5) is 28.8. The SMILES string of the molecule is CCCNC(=O)C(Cc1ccccc1)N(Cc1ccccc1F)C(=O)CN(c1ccc(Cl)c(C(F)(F)F)c1)S(=O)(=O)c1ccc(C)cc1. The molecule has 254 valence electrons. The van der Waals surface area contributed by atoms with E-state index in [-0.39, 0.29) is 23.4 Å². The first-order valence-corrected chi connectivity index (χ1v) is 16.8. The van der Waals surface area contributed by atoms with Crippen LogP contribution in [0.5, 0.6) is 0 Å². The second-order valence-corrected chi connectivity index (χ2v) is 13.4. The zero-order chi connectivity index (χ0) is 35.1. The van der Waals surface area contributed by atoms with E-state index in [2.05, 4.69) is 5.32 Å². The lowest BCUT2D eigenvalue weighted by atomic mass is 10.0. The zero-order valence-corrected chi connectivity index (χ0v) is 27.7. The monoisotopic (exact) mass is 703 g/mol. The highest BCUT2D eigenvalue weighted by Crippen LogP contribution is 2.38. The summed E-state index contributed by atoms with van der Waals surface area (Å²) in [6.07, 6.45) is -4.38. The summed E-state index contributed by atoms with van der Waals surface area (Å²) in [5, 5.41) is 2.10. The molecule has 0 aliphatic carbocycles. The third-order valence-corrected chi connectivity index (χ3v) is 9.67. The third-order valence-electron chi connectivity index (χ3n) is 7.55. The van der Waals surface area contributed by atoms with E-state index >= 15 is 4.39 Å². The molecule has 0 aliphatic rings. The molecule has 4 rings (SSSR count). The van der Waals surface area contributed by atoms with Gasteiger partial charge in [-0.05, 0) is 55.3 Å². The van der Waals surface area contributed by atoms with E-state index in [9.17, 15) is 31.2 Å². The van der Waals surface area contributed by atoms with Crippen molar-refractivity contribution in [1.82, 2.24) is 10.2 Å². The van der Waals surface area contributed by atoms with E-state index in [0.717, 1.165) is 22.6 Å². The van der Waals surface area contributed by atoms with E-state index in [0.29, 0.717) is 22.4 Å². The molecule has 0 fully saturated rings. The maximum absolute atomic E-state index is 15.0. The Kier molecular flexibility index (Phi) is 11.9. The van der Waals surface area contributed by atoms with E-state index in [1.54, 1.807) is 43.3 Å². The van der Waals surface area contributed by atoms with Crippen molar-refractivity contribution in [2.24, 2.45) is 0 Å². The number of benzene rings is 4. The van der Waals surface area contributed by atoms with Gasteiger partial charge in [-0.25, -0.2) is 12.8 Å². The minimum Gasteiger partial charge on any atom is -0.354 e. The first-order chi connectivity index (χ1) is 22.7. The Morgan fingerprint density at radius 2 is 1.56 bits per heavy atom. The number of nitrogens with one attached hydrogen (secondary N) is 1. The van der Waals surface area contributed by atoms with Crippen LogP contribution in [0.25, 0.3) is 0 Å². The Labute approximate surface area is 282 Å². The number of hydrogen-bond acceptors (Lipinski definition) is 4. The molecule has 0 heterocycles. The molecule has 48 heavy (non-hydrogen) atoms. The number of nitrogens with zero attached hydrogens (tertiary/aromatic N) is 2. The van der Waals surface area contributed by atoms with Crippen LogP contribution in [0.2, 0.25) is 5.02 Å². The Balaban J connectivity index is 1.87. The van der Waals surface area contributed by atoms with Crippen LogP contribution in [0.15, 0.2) is 102 Å². The van der Waals surface area contributed by atoms with E-state index < -0.39 is 69.2 Å². The normalized spacial score (nSPS) is 12.3. The van der Waals surface area contributed by atoms with Gasteiger partial charge in [-0.1, -0.05) is 84.8 Å². The Morgan fingerprint density at radius 3 is 2.19 bits per heavy atom. The van der Waals surface area contributed by atoms with Gasteiger partial charge < -0.3 is 10.2 Å². The number of carbonyl (C=O) groups is 2. The molecule has 13 heteroatoms. The van der Waals surface area contributed by atoms with Crippen molar-refractivity contribution in [2.45, 2.75) is 50.3 Å². The summed E-state index contributed by atoms with van der Waals surface area (Å²) in [6, 6.07) is 21.2. The number of carbonyl (C=O) groups excluding carboxylic acids is 2. The number of anilines is 1. The number of amides is 2. The molecular weight excluding hydrogens is 670 g/mol. The van der Waals surface area contributed by atoms with Crippen LogP contribution in [-0.2, 0) is 38.8 Å². The molecule has 0 aliphatic heterocycles. The lowest BCUT2D eigenvalue weighted by molar-refractivity contribution is -0.140. The van der Waals surface area contributed by atoms with Gasteiger partial charge in [0.15, 0.2) is 0 Å². The van der Waals surface area contributed by atoms with Crippen molar-refractivity contribution >= 4 is 39.1 Å². The minimum absolute atomic E-state index is 0.0134. The molecular formula is C35H34ClF4N3O4S. The standard InChI is InChI=1S/C35H34ClF4N3O4S/c1-3-19-41-34(45)32(20-25-9-5-4-6-10-25)42(22-26-11-7-8-12-31(26)37)33(44)23-43(48(46,47)28-16-13-24(2)14-17-28)27-15-18-30(36)29(21-27)35(38,39)40/h4-18,21,32H,3,19-20,22-23H2,1-2H3,(H,41,45). The first-order valence-electron chi connectivity index (χ1n) is 15.0. The van der Waals surface area contributed by atoms with Crippen LogP contribution in [0.1, 0.15) is 35.6 Å². The molecule has 0 saturated carbocycles. The highest BCUT2D eigenvalue weighted by molar-refractivity contribution is 7.92. The van der Waals surface area contributed by atoms with Crippen molar-refractivity contribution in [1.29, 1.82) is 0 Å². The summed E-state index contributed by atoms with van der Waals surface area (Å²) < 4.78 is 85.5. The van der Waals surface area contributed by atoms with Gasteiger partial charge in [0.1, 0.15) is 18.4 Å². The number of sulfonamides is 1. The number of rotatable bonds is 13. The molecule has 0 aromatic heterocycles. The van der Waals surface area contributed by atoms with Gasteiger partial charge >= 0.3 is 6.18 Å². The summed E-state index contributed by atoms with van der Waals surface area (Å²) in [6.45, 7) is 2.38. The maximum Gasteiger partial charge on any atom is 0.417 e. The van der Waals surface area contributed by atoms with Crippen molar-refractivity contribution in [3.05, 3.63) is 130 Å². The van der Waals surface area contributed by atoms with E-state index in [4.69, 9.17) is 11.6 Å². The number of aryl methyl sites for hydroxylation is 1. The molecule has 0 saturated heterocycles. The van der Waals surface area contributed by atoms with Gasteiger partial charge in [0.05, 0.1) is 21.2 Å². The highest BCUT2D eigenvalue weighted by Gasteiger charge is 2.38. The summed E-state index contributed by atoms with van der Waals surface area (Å²) in [5.74, 6) is -2.19. The molecule has 4 aromatic rings. The van der Waals surface area contributed by atoms with Gasteiger partial charge in [-0.3, -0.25) is 13.9 Å². The minimum atomic E-state index is -4.94. The van der Waals surface area contributed by atoms with Crippen LogP contribution in [0.3, 0.4) is 0 Å². The number of alkyl halides is 3. The molecule has 7 nitrogen and oxygen atoms in total. The van der Waals surface area contributed by atoms with Gasteiger partial charge in [0.2, 0.25) is 11.8 Å². The van der Waals surface area contributed by atoms with E-state index in [1.165, 1.54) is 42.5 Å². The fourth-order valence-corrected chi connectivity index (χ4v) is 6.61. The van der Waals surface area contributed by atoms with Gasteiger partial charge in [0, 0.05) is 25.1 Å². The third kappa shape index (κ3) is 8.93. The average Bonchev–Trinajstić information content (AvgIpc) is 3.05. The summed E-state index contributed by atoms with van der Waals surface area (Å²) >= 11 is 5.85. The van der Waals surface area contributed by atoms with Crippen molar-refractivity contribution in [3.8, 4) is 0 Å². The molecule has 0 radical (unpaired) electrons. The first kappa shape index (κ1) is 36.4. The summed E-state index contributed by atoms with van der Waals surface area (Å²) in [7, 11) is -4.67. The fourth-order valence-electron chi connectivity index (χ4n) is 4.98. The average molecular weight is 704 g/mol. The van der Waals surface area contributed by atoms with Gasteiger partial charge in [-0.15, -0.1) is 0 Å². The highest BCUT2D eigenvalue weighted by atomic mass is 35.5. The lowest BCUT2D eigenvalue weighted by Gasteiger charge is -2.34. The molecule has 2 amide bonds. The maximum atomic E-state index is 15.0. The molecule has 1 unspecified atom stereocenters. The largest absolute Gasteiger partial charge is 0.417 e. The van der Waals surface area contributed by atoms with Gasteiger partial charge in [-0.2, -0.15) is 13.2 Å². The smallest absolute Gasteiger partial charge is 0.354 e. The lowest BCUT2D eigenvalue weighted by Crippen LogP contribution is -2.53. The number of hydrogen-bond donors (Lipinski definition) is 1. The molecule has 1 N–H and O–H groups in total. The predicted octanol–water partition coefficient (Wildman–Crippen LogP) is 7.17. The van der Waals surface area contributed by atoms with E-state index in [1.807, 2.05) is 6.92 Å². The Morgan fingerprint density at radius 1 is 0.917 bits per heavy atom. The van der Waals surface area contributed by atoms with Crippen LogP contribution in [-0.4, -0.2) is 44.3 Å². The summed E-state index contributed by atoms with van der Waals surface area (Å²) in [5.41, 5.74) is -0.354. The molecule has 1 atom stereocenters. The Bertz CT molecular complexity index is 1840. The predicted molar refractivity (Wildman–Crippen MR) is 176 cm³/mol. The fraction of sp³-hybridized carbons (Fsp3) is 0.257. The quantitative estimate of drug-likeness (QED) is 0.150. The van der Waals surface area contributed by atoms with Crippen LogP contribution in [0, 0.1) is 12.7 Å². The van der Waals surface area contributed by atoms with Crippen molar-refractivity contribution < 1.29 is 35.6 Å². The zero-order valence-electron chi connectivity index (χ0n) is 26.2. The van der Waals surface area contributed by atoms with Gasteiger partial charge in [0.25, 0.3) is 10.0 Å².